The van der Waals surface area contributed by atoms with Crippen molar-refractivity contribution in [3.63, 3.8) is 0 Å². The zero-order chi connectivity index (χ0) is 15.5. The van der Waals surface area contributed by atoms with E-state index >= 15 is 0 Å². The molecule has 0 fully saturated rings. The average Bonchev–Trinajstić information content (AvgIpc) is 2.94. The fourth-order valence-electron chi connectivity index (χ4n) is 1.97. The van der Waals surface area contributed by atoms with Crippen LogP contribution in [-0.2, 0) is 0 Å². The van der Waals surface area contributed by atoms with Crippen LogP contribution in [0.1, 0.15) is 16.2 Å². The molecule has 2 heterocycles. The molecule has 0 unspecified atom stereocenters. The van der Waals surface area contributed by atoms with Crippen molar-refractivity contribution in [1.82, 2.24) is 9.97 Å². The van der Waals surface area contributed by atoms with Crippen LogP contribution in [0, 0.1) is 6.92 Å². The monoisotopic (exact) mass is 329 g/mol. The van der Waals surface area contributed by atoms with Crippen molar-refractivity contribution in [3.8, 4) is 0 Å². The van der Waals surface area contributed by atoms with Crippen molar-refractivity contribution in [2.45, 2.75) is 6.92 Å². The van der Waals surface area contributed by atoms with E-state index in [1.54, 1.807) is 17.0 Å². The normalized spacial score (nSPS) is 10.5. The Bertz CT molecular complexity index is 804. The summed E-state index contributed by atoms with van der Waals surface area (Å²) in [6.07, 6.45) is 1.52. The molecule has 4 nitrogen and oxygen atoms in total. The molecule has 0 aliphatic rings. The summed E-state index contributed by atoms with van der Waals surface area (Å²) in [6.45, 7) is 1.89. The van der Waals surface area contributed by atoms with Gasteiger partial charge in [-0.2, -0.15) is 0 Å². The molecule has 0 aliphatic heterocycles. The molecule has 6 heteroatoms. The topological polar surface area (TPSA) is 46.1 Å². The molecule has 0 bridgehead atoms. The molecule has 22 heavy (non-hydrogen) atoms. The van der Waals surface area contributed by atoms with E-state index in [2.05, 4.69) is 9.97 Å². The van der Waals surface area contributed by atoms with Crippen LogP contribution in [0.25, 0.3) is 0 Å². The fourth-order valence-corrected chi connectivity index (χ4v) is 2.95. The average molecular weight is 330 g/mol. The van der Waals surface area contributed by atoms with Gasteiger partial charge in [0, 0.05) is 16.6 Å². The van der Waals surface area contributed by atoms with Gasteiger partial charge in [0.15, 0.2) is 5.13 Å². The number of nitrogens with zero attached hydrogens (tertiary/aromatic N) is 3. The minimum absolute atomic E-state index is 0.261. The predicted octanol–water partition coefficient (Wildman–Crippen LogP) is 4.48. The van der Waals surface area contributed by atoms with Gasteiger partial charge < -0.3 is 0 Å². The Morgan fingerprint density at radius 2 is 2.00 bits per heavy atom. The molecule has 0 saturated heterocycles. The number of rotatable bonds is 3. The zero-order valence-electron chi connectivity index (χ0n) is 11.7. The van der Waals surface area contributed by atoms with Crippen molar-refractivity contribution in [2.24, 2.45) is 0 Å². The first-order valence-electron chi connectivity index (χ1n) is 6.58. The van der Waals surface area contributed by atoms with E-state index in [9.17, 15) is 4.79 Å². The summed E-state index contributed by atoms with van der Waals surface area (Å²) in [4.78, 5) is 23.0. The Balaban J connectivity index is 2.08. The number of benzene rings is 1. The Hall–Kier alpha value is -2.24. The largest absolute Gasteiger partial charge is 0.283 e. The number of anilines is 2. The second kappa shape index (κ2) is 6.25. The number of pyridine rings is 1. The van der Waals surface area contributed by atoms with Crippen LogP contribution < -0.4 is 4.90 Å². The molecule has 0 aliphatic carbocycles. The van der Waals surface area contributed by atoms with Gasteiger partial charge in [-0.1, -0.05) is 29.8 Å². The molecule has 1 aromatic carbocycles. The summed E-state index contributed by atoms with van der Waals surface area (Å²) in [5.74, 6) is -0.261. The first-order valence-corrected chi connectivity index (χ1v) is 7.84. The van der Waals surface area contributed by atoms with E-state index in [-0.39, 0.29) is 11.6 Å². The van der Waals surface area contributed by atoms with Crippen LogP contribution >= 0.6 is 22.9 Å². The first-order chi connectivity index (χ1) is 10.6. The Kier molecular flexibility index (Phi) is 4.18. The summed E-state index contributed by atoms with van der Waals surface area (Å²) >= 11 is 7.38. The molecule has 0 N–H and O–H groups in total. The summed E-state index contributed by atoms with van der Waals surface area (Å²) in [5.41, 5.74) is 1.89. The van der Waals surface area contributed by atoms with E-state index in [1.165, 1.54) is 17.5 Å². The van der Waals surface area contributed by atoms with Crippen molar-refractivity contribution in [3.05, 3.63) is 70.5 Å². The molecular weight excluding hydrogens is 318 g/mol. The van der Waals surface area contributed by atoms with E-state index in [0.717, 1.165) is 11.4 Å². The molecule has 0 radical (unpaired) electrons. The summed E-state index contributed by atoms with van der Waals surface area (Å²) in [5, 5.41) is 2.99. The second-order valence-corrected chi connectivity index (χ2v) is 5.88. The van der Waals surface area contributed by atoms with Gasteiger partial charge in [-0.05, 0) is 31.2 Å². The smallest absolute Gasteiger partial charge is 0.266 e. The molecule has 3 rings (SSSR count). The van der Waals surface area contributed by atoms with Crippen molar-refractivity contribution in [2.75, 3.05) is 4.90 Å². The van der Waals surface area contributed by atoms with Crippen LogP contribution in [0.3, 0.4) is 0 Å². The van der Waals surface area contributed by atoms with E-state index in [1.807, 2.05) is 42.6 Å². The SMILES string of the molecule is Cc1csc(N(C(=O)c2cc(Cl)ccn2)c2ccccc2)n1. The third-order valence-electron chi connectivity index (χ3n) is 2.96. The highest BCUT2D eigenvalue weighted by atomic mass is 35.5. The highest BCUT2D eigenvalue weighted by molar-refractivity contribution is 7.14. The summed E-state index contributed by atoms with van der Waals surface area (Å²) < 4.78 is 0. The van der Waals surface area contributed by atoms with Crippen molar-refractivity contribution in [1.29, 1.82) is 0 Å². The number of halogens is 1. The lowest BCUT2D eigenvalue weighted by Crippen LogP contribution is -2.26. The lowest BCUT2D eigenvalue weighted by Gasteiger charge is -2.19. The van der Waals surface area contributed by atoms with Gasteiger partial charge in [-0.3, -0.25) is 14.7 Å². The van der Waals surface area contributed by atoms with Gasteiger partial charge in [0.05, 0.1) is 11.4 Å². The number of amides is 1. The number of hydrogen-bond acceptors (Lipinski definition) is 4. The molecule has 0 spiro atoms. The molecule has 3 aromatic rings. The van der Waals surface area contributed by atoms with Gasteiger partial charge in [0.2, 0.25) is 0 Å². The summed E-state index contributed by atoms with van der Waals surface area (Å²) in [6, 6.07) is 12.6. The molecule has 0 atom stereocenters. The standard InChI is InChI=1S/C16H12ClN3OS/c1-11-10-22-16(19-11)20(13-5-3-2-4-6-13)15(21)14-9-12(17)7-8-18-14/h2-10H,1H3. The van der Waals surface area contributed by atoms with Crippen LogP contribution in [0.15, 0.2) is 54.0 Å². The number of hydrogen-bond donors (Lipinski definition) is 0. The maximum Gasteiger partial charge on any atom is 0.283 e. The zero-order valence-corrected chi connectivity index (χ0v) is 13.3. The van der Waals surface area contributed by atoms with Gasteiger partial charge >= 0.3 is 0 Å². The number of aryl methyl sites for hydroxylation is 1. The highest BCUT2D eigenvalue weighted by Gasteiger charge is 2.23. The van der Waals surface area contributed by atoms with Gasteiger partial charge in [0.1, 0.15) is 5.69 Å². The van der Waals surface area contributed by atoms with Crippen LogP contribution in [0.5, 0.6) is 0 Å². The van der Waals surface area contributed by atoms with Gasteiger partial charge in [-0.25, -0.2) is 4.98 Å². The van der Waals surface area contributed by atoms with E-state index < -0.39 is 0 Å². The minimum Gasteiger partial charge on any atom is -0.266 e. The quantitative estimate of drug-likeness (QED) is 0.711. The van der Waals surface area contributed by atoms with E-state index in [0.29, 0.717) is 10.2 Å². The highest BCUT2D eigenvalue weighted by Crippen LogP contribution is 2.30. The number of aromatic nitrogens is 2. The molecule has 2 aromatic heterocycles. The number of carbonyl (C=O) groups excluding carboxylic acids is 1. The van der Waals surface area contributed by atoms with Crippen LogP contribution in [0.4, 0.5) is 10.8 Å². The maximum absolute atomic E-state index is 12.9. The number of carbonyl (C=O) groups is 1. The van der Waals surface area contributed by atoms with Crippen molar-refractivity contribution >= 4 is 39.7 Å². The van der Waals surface area contributed by atoms with Gasteiger partial charge in [-0.15, -0.1) is 11.3 Å². The van der Waals surface area contributed by atoms with Gasteiger partial charge in [0.25, 0.3) is 5.91 Å². The van der Waals surface area contributed by atoms with E-state index in [4.69, 9.17) is 11.6 Å². The first kappa shape index (κ1) is 14.7. The molecule has 110 valence electrons. The minimum atomic E-state index is -0.261. The summed E-state index contributed by atoms with van der Waals surface area (Å²) in [7, 11) is 0. The van der Waals surface area contributed by atoms with Crippen LogP contribution in [0.2, 0.25) is 5.02 Å². The fraction of sp³-hybridized carbons (Fsp3) is 0.0625. The Labute approximate surface area is 137 Å². The van der Waals surface area contributed by atoms with Crippen LogP contribution in [-0.4, -0.2) is 15.9 Å². The Morgan fingerprint density at radius 1 is 1.23 bits per heavy atom. The lowest BCUT2D eigenvalue weighted by molar-refractivity contribution is 0.0994. The predicted molar refractivity (Wildman–Crippen MR) is 89.0 cm³/mol. The number of para-hydroxylation sites is 1. The molecule has 1 amide bonds. The van der Waals surface area contributed by atoms with Crippen molar-refractivity contribution < 1.29 is 4.79 Å². The number of thiazole rings is 1. The molecular formula is C16H12ClN3OS. The molecule has 0 saturated carbocycles. The third-order valence-corrected chi connectivity index (χ3v) is 4.14. The maximum atomic E-state index is 12.9. The second-order valence-electron chi connectivity index (χ2n) is 4.61. The lowest BCUT2D eigenvalue weighted by atomic mass is 10.2. The third kappa shape index (κ3) is 3.00. The Morgan fingerprint density at radius 3 is 2.64 bits per heavy atom.